The van der Waals surface area contributed by atoms with E-state index in [0.717, 1.165) is 5.75 Å². The van der Waals surface area contributed by atoms with Gasteiger partial charge in [-0.25, -0.2) is 4.63 Å². The Balaban J connectivity index is 1.74. The molecule has 7 heteroatoms. The van der Waals surface area contributed by atoms with Crippen LogP contribution in [0, 0.1) is 0 Å². The van der Waals surface area contributed by atoms with E-state index in [0.29, 0.717) is 19.6 Å². The zero-order valence-electron chi connectivity index (χ0n) is 11.2. The summed E-state index contributed by atoms with van der Waals surface area (Å²) in [6, 6.07) is 9.51. The molecular weight excluding hydrogens is 260 g/mol. The van der Waals surface area contributed by atoms with Crippen molar-refractivity contribution in [2.75, 3.05) is 25.9 Å². The van der Waals surface area contributed by atoms with E-state index in [2.05, 4.69) is 14.9 Å². The summed E-state index contributed by atoms with van der Waals surface area (Å²) >= 11 is 0. The average molecular weight is 276 g/mol. The number of carbonyl (C=O) groups excluding carboxylic acids is 1. The summed E-state index contributed by atoms with van der Waals surface area (Å²) in [5.74, 6) is 0.497. The number of nitrogen functional groups attached to an aromatic ring is 1. The molecule has 1 heterocycles. The van der Waals surface area contributed by atoms with Gasteiger partial charge >= 0.3 is 0 Å². The monoisotopic (exact) mass is 276 g/mol. The Morgan fingerprint density at radius 3 is 2.75 bits per heavy atom. The van der Waals surface area contributed by atoms with Crippen molar-refractivity contribution in [3.8, 4) is 5.75 Å². The fourth-order valence-electron chi connectivity index (χ4n) is 1.63. The van der Waals surface area contributed by atoms with Crippen molar-refractivity contribution in [3.05, 3.63) is 36.0 Å². The molecule has 0 radical (unpaired) electrons. The minimum Gasteiger partial charge on any atom is -0.494 e. The zero-order valence-corrected chi connectivity index (χ0v) is 11.2. The van der Waals surface area contributed by atoms with E-state index >= 15 is 0 Å². The van der Waals surface area contributed by atoms with Crippen LogP contribution in [-0.2, 0) is 0 Å². The lowest BCUT2D eigenvalue weighted by atomic mass is 10.3. The van der Waals surface area contributed by atoms with Gasteiger partial charge in [-0.2, -0.15) is 0 Å². The molecule has 1 aromatic carbocycles. The summed E-state index contributed by atoms with van der Waals surface area (Å²) in [6.07, 6.45) is 0.697. The van der Waals surface area contributed by atoms with Gasteiger partial charge < -0.3 is 15.4 Å². The summed E-state index contributed by atoms with van der Waals surface area (Å²) in [7, 11) is 1.67. The fraction of sp³-hybridized carbons (Fsp3) is 0.308. The molecule has 1 aromatic heterocycles. The normalized spacial score (nSPS) is 10.2. The van der Waals surface area contributed by atoms with Crippen LogP contribution in [-0.4, -0.2) is 41.3 Å². The molecule has 0 fully saturated rings. The summed E-state index contributed by atoms with van der Waals surface area (Å²) in [5, 5.41) is 6.85. The highest BCUT2D eigenvalue weighted by atomic mass is 16.6. The van der Waals surface area contributed by atoms with Gasteiger partial charge in [0.15, 0.2) is 0 Å². The topological polar surface area (TPSA) is 94.5 Å². The number of nitrogens with two attached hydrogens (primary N) is 1. The van der Waals surface area contributed by atoms with Crippen molar-refractivity contribution in [1.82, 2.24) is 15.2 Å². The van der Waals surface area contributed by atoms with Crippen molar-refractivity contribution in [2.24, 2.45) is 0 Å². The van der Waals surface area contributed by atoms with Gasteiger partial charge in [-0.15, -0.1) is 0 Å². The van der Waals surface area contributed by atoms with Crippen molar-refractivity contribution in [1.29, 1.82) is 0 Å². The molecule has 20 heavy (non-hydrogen) atoms. The predicted molar refractivity (Wildman–Crippen MR) is 72.2 cm³/mol. The lowest BCUT2D eigenvalue weighted by molar-refractivity contribution is 0.0777. The molecule has 0 bridgehead atoms. The highest BCUT2D eigenvalue weighted by Gasteiger charge is 2.19. The first-order valence-electron chi connectivity index (χ1n) is 6.20. The average Bonchev–Trinajstić information content (AvgIpc) is 2.90. The van der Waals surface area contributed by atoms with Crippen molar-refractivity contribution in [2.45, 2.75) is 6.42 Å². The van der Waals surface area contributed by atoms with Crippen LogP contribution < -0.4 is 10.5 Å². The van der Waals surface area contributed by atoms with E-state index in [1.165, 1.54) is 4.90 Å². The van der Waals surface area contributed by atoms with Crippen molar-refractivity contribution < 1.29 is 14.2 Å². The molecule has 2 aromatic rings. The SMILES string of the molecule is CN(CCCOc1ccccc1)C(=O)c1nonc1N. The second-order valence-electron chi connectivity index (χ2n) is 4.24. The number of nitrogens with zero attached hydrogens (tertiary/aromatic N) is 3. The van der Waals surface area contributed by atoms with E-state index in [4.69, 9.17) is 10.5 Å². The van der Waals surface area contributed by atoms with Crippen molar-refractivity contribution >= 4 is 11.7 Å². The van der Waals surface area contributed by atoms with Crippen LogP contribution in [0.3, 0.4) is 0 Å². The second-order valence-corrected chi connectivity index (χ2v) is 4.24. The Kier molecular flexibility index (Phi) is 4.54. The highest BCUT2D eigenvalue weighted by molar-refractivity contribution is 5.95. The predicted octanol–water partition coefficient (Wildman–Crippen LogP) is 1.19. The van der Waals surface area contributed by atoms with Crippen LogP contribution in [0.1, 0.15) is 16.9 Å². The summed E-state index contributed by atoms with van der Waals surface area (Å²) in [4.78, 5) is 13.4. The number of rotatable bonds is 6. The van der Waals surface area contributed by atoms with Gasteiger partial charge in [0.25, 0.3) is 5.91 Å². The number of ether oxygens (including phenoxy) is 1. The Hall–Kier alpha value is -2.57. The van der Waals surface area contributed by atoms with Gasteiger partial charge in [-0.05, 0) is 28.9 Å². The number of carbonyl (C=O) groups is 1. The van der Waals surface area contributed by atoms with Crippen LogP contribution in [0.25, 0.3) is 0 Å². The standard InChI is InChI=1S/C13H16N4O3/c1-17(13(18)11-12(14)16-20-15-11)8-5-9-19-10-6-3-2-4-7-10/h2-4,6-7H,5,8-9H2,1H3,(H2,14,16). The molecule has 0 spiro atoms. The van der Waals surface area contributed by atoms with Gasteiger partial charge in [0, 0.05) is 13.6 Å². The Morgan fingerprint density at radius 2 is 2.10 bits per heavy atom. The maximum atomic E-state index is 11.9. The third-order valence-corrected chi connectivity index (χ3v) is 2.71. The number of hydrogen-bond donors (Lipinski definition) is 1. The molecular formula is C13H16N4O3. The molecule has 0 saturated carbocycles. The lowest BCUT2D eigenvalue weighted by Crippen LogP contribution is -2.29. The number of aromatic nitrogens is 2. The van der Waals surface area contributed by atoms with E-state index in [1.54, 1.807) is 7.05 Å². The van der Waals surface area contributed by atoms with E-state index in [-0.39, 0.29) is 17.4 Å². The summed E-state index contributed by atoms with van der Waals surface area (Å²) in [6.45, 7) is 1.05. The maximum Gasteiger partial charge on any atom is 0.279 e. The molecule has 2 N–H and O–H groups in total. The molecule has 0 aliphatic rings. The Bertz CT molecular complexity index is 556. The Morgan fingerprint density at radius 1 is 1.35 bits per heavy atom. The van der Waals surface area contributed by atoms with E-state index < -0.39 is 0 Å². The molecule has 7 nitrogen and oxygen atoms in total. The third kappa shape index (κ3) is 3.47. The molecule has 0 saturated heterocycles. The smallest absolute Gasteiger partial charge is 0.279 e. The maximum absolute atomic E-state index is 11.9. The van der Waals surface area contributed by atoms with E-state index in [9.17, 15) is 4.79 Å². The number of anilines is 1. The number of amides is 1. The minimum atomic E-state index is -0.316. The van der Waals surface area contributed by atoms with Gasteiger partial charge in [-0.1, -0.05) is 18.2 Å². The molecule has 106 valence electrons. The fourth-order valence-corrected chi connectivity index (χ4v) is 1.63. The Labute approximate surface area is 116 Å². The summed E-state index contributed by atoms with van der Waals surface area (Å²) in [5.41, 5.74) is 5.51. The van der Waals surface area contributed by atoms with Gasteiger partial charge in [0.1, 0.15) is 5.75 Å². The van der Waals surface area contributed by atoms with Crippen LogP contribution in [0.4, 0.5) is 5.82 Å². The first-order valence-corrected chi connectivity index (χ1v) is 6.20. The lowest BCUT2D eigenvalue weighted by Gasteiger charge is -2.15. The molecule has 0 aliphatic carbocycles. The largest absolute Gasteiger partial charge is 0.494 e. The number of hydrogen-bond acceptors (Lipinski definition) is 6. The van der Waals surface area contributed by atoms with Gasteiger partial charge in [0.2, 0.25) is 11.5 Å². The molecule has 1 amide bonds. The number of benzene rings is 1. The van der Waals surface area contributed by atoms with Gasteiger partial charge in [-0.3, -0.25) is 4.79 Å². The minimum absolute atomic E-state index is 0.00221. The third-order valence-electron chi connectivity index (χ3n) is 2.71. The summed E-state index contributed by atoms with van der Waals surface area (Å²) < 4.78 is 9.94. The van der Waals surface area contributed by atoms with Crippen LogP contribution in [0.15, 0.2) is 35.0 Å². The molecule has 0 aliphatic heterocycles. The first-order chi connectivity index (χ1) is 9.68. The van der Waals surface area contributed by atoms with Crippen LogP contribution in [0.2, 0.25) is 0 Å². The second kappa shape index (κ2) is 6.55. The van der Waals surface area contributed by atoms with Crippen molar-refractivity contribution in [3.63, 3.8) is 0 Å². The zero-order chi connectivity index (χ0) is 14.4. The van der Waals surface area contributed by atoms with Crippen LogP contribution in [0.5, 0.6) is 5.75 Å². The highest BCUT2D eigenvalue weighted by Crippen LogP contribution is 2.10. The number of para-hydroxylation sites is 1. The molecule has 2 rings (SSSR count). The van der Waals surface area contributed by atoms with Crippen LogP contribution >= 0.6 is 0 Å². The van der Waals surface area contributed by atoms with E-state index in [1.807, 2.05) is 30.3 Å². The first kappa shape index (κ1) is 13.9. The molecule has 0 atom stereocenters. The molecule has 0 unspecified atom stereocenters. The quantitative estimate of drug-likeness (QED) is 0.796. The van der Waals surface area contributed by atoms with Gasteiger partial charge in [0.05, 0.1) is 6.61 Å².